The molecule has 1 aromatic heterocycles. The number of H-pyrrole nitrogens is 1. The van der Waals surface area contributed by atoms with E-state index in [1.54, 1.807) is 17.0 Å². The number of carbonyl (C=O) groups is 3. The van der Waals surface area contributed by atoms with Crippen LogP contribution in [-0.4, -0.2) is 69.0 Å². The van der Waals surface area contributed by atoms with E-state index in [0.717, 1.165) is 5.56 Å². The molecule has 32 heavy (non-hydrogen) atoms. The van der Waals surface area contributed by atoms with E-state index in [2.05, 4.69) is 15.2 Å². The van der Waals surface area contributed by atoms with Crippen LogP contribution in [0.4, 0.5) is 0 Å². The van der Waals surface area contributed by atoms with Crippen LogP contribution in [0.2, 0.25) is 0 Å². The molecule has 0 spiro atoms. The van der Waals surface area contributed by atoms with Crippen LogP contribution in [0.3, 0.4) is 0 Å². The Kier molecular flexibility index (Phi) is 5.24. The van der Waals surface area contributed by atoms with Crippen molar-refractivity contribution in [2.45, 2.75) is 12.5 Å². The van der Waals surface area contributed by atoms with E-state index in [4.69, 9.17) is 4.74 Å². The maximum Gasteiger partial charge on any atom is 0.261 e. The molecule has 9 nitrogen and oxygen atoms in total. The topological polar surface area (TPSA) is 108 Å². The summed E-state index contributed by atoms with van der Waals surface area (Å²) in [6.45, 7) is 1.39. The Morgan fingerprint density at radius 1 is 1.09 bits per heavy atom. The van der Waals surface area contributed by atoms with E-state index in [-0.39, 0.29) is 29.8 Å². The van der Waals surface area contributed by atoms with E-state index in [0.29, 0.717) is 43.1 Å². The minimum absolute atomic E-state index is 0.250. The van der Waals surface area contributed by atoms with Crippen LogP contribution in [0, 0.1) is 0 Å². The summed E-state index contributed by atoms with van der Waals surface area (Å²) in [7, 11) is 0. The molecule has 2 aromatic carbocycles. The van der Waals surface area contributed by atoms with Crippen molar-refractivity contribution in [3.63, 3.8) is 0 Å². The molecule has 0 unspecified atom stereocenters. The smallest absolute Gasteiger partial charge is 0.261 e. The average molecular weight is 431 g/mol. The number of morpholine rings is 1. The van der Waals surface area contributed by atoms with Crippen molar-refractivity contribution in [1.29, 1.82) is 0 Å². The number of fused-ring (bicyclic) bond motifs is 1. The molecule has 0 bridgehead atoms. The molecular weight excluding hydrogens is 410 g/mol. The second-order valence-corrected chi connectivity index (χ2v) is 7.72. The quantitative estimate of drug-likeness (QED) is 0.618. The number of hydrogen-bond donors (Lipinski definition) is 1. The Bertz CT molecular complexity index is 1160. The Hall–Kier alpha value is -3.85. The van der Waals surface area contributed by atoms with Crippen molar-refractivity contribution in [2.24, 2.45) is 0 Å². The Labute approximate surface area is 184 Å². The van der Waals surface area contributed by atoms with Crippen molar-refractivity contribution in [1.82, 2.24) is 25.0 Å². The van der Waals surface area contributed by atoms with Crippen molar-refractivity contribution in [3.05, 3.63) is 82.9 Å². The number of amides is 3. The second-order valence-electron chi connectivity index (χ2n) is 7.72. The molecule has 1 N–H and O–H groups in total. The van der Waals surface area contributed by atoms with Crippen molar-refractivity contribution < 1.29 is 19.1 Å². The highest BCUT2D eigenvalue weighted by atomic mass is 16.5. The van der Waals surface area contributed by atoms with Gasteiger partial charge in [-0.15, -0.1) is 0 Å². The van der Waals surface area contributed by atoms with Crippen LogP contribution < -0.4 is 0 Å². The fraction of sp³-hybridized carbons (Fsp3) is 0.261. The van der Waals surface area contributed by atoms with Gasteiger partial charge in [0.1, 0.15) is 18.2 Å². The highest BCUT2D eigenvalue weighted by Crippen LogP contribution is 2.27. The summed E-state index contributed by atoms with van der Waals surface area (Å²) in [4.78, 5) is 46.1. The molecule has 3 amide bonds. The zero-order valence-electron chi connectivity index (χ0n) is 17.2. The summed E-state index contributed by atoms with van der Waals surface area (Å²) >= 11 is 0. The predicted octanol–water partition coefficient (Wildman–Crippen LogP) is 1.86. The monoisotopic (exact) mass is 431 g/mol. The lowest BCUT2D eigenvalue weighted by Gasteiger charge is -2.34. The van der Waals surface area contributed by atoms with E-state index >= 15 is 0 Å². The minimum Gasteiger partial charge on any atom is -0.377 e. The maximum absolute atomic E-state index is 13.3. The number of aromatic nitrogens is 3. The highest BCUT2D eigenvalue weighted by molar-refractivity contribution is 6.22. The fourth-order valence-electron chi connectivity index (χ4n) is 4.13. The van der Waals surface area contributed by atoms with Crippen molar-refractivity contribution >= 4 is 17.7 Å². The number of rotatable bonds is 5. The first-order valence-corrected chi connectivity index (χ1v) is 10.4. The molecule has 0 aliphatic carbocycles. The number of nitrogens with zero attached hydrogens (tertiary/aromatic N) is 4. The fourth-order valence-corrected chi connectivity index (χ4v) is 4.13. The van der Waals surface area contributed by atoms with Gasteiger partial charge in [-0.1, -0.05) is 30.3 Å². The lowest BCUT2D eigenvalue weighted by molar-refractivity contribution is -0.00512. The van der Waals surface area contributed by atoms with Crippen LogP contribution in [0.25, 0.3) is 0 Å². The molecule has 2 aliphatic heterocycles. The molecular formula is C23H21N5O4. The summed E-state index contributed by atoms with van der Waals surface area (Å²) in [5, 5.41) is 6.65. The predicted molar refractivity (Wildman–Crippen MR) is 113 cm³/mol. The third-order valence-corrected chi connectivity index (χ3v) is 5.82. The molecule has 1 saturated heterocycles. The van der Waals surface area contributed by atoms with Gasteiger partial charge >= 0.3 is 0 Å². The second kappa shape index (κ2) is 8.35. The summed E-state index contributed by atoms with van der Waals surface area (Å²) in [5.41, 5.74) is 1.98. The molecule has 5 rings (SSSR count). The summed E-state index contributed by atoms with van der Waals surface area (Å²) < 4.78 is 5.52. The van der Waals surface area contributed by atoms with E-state index in [1.165, 1.54) is 17.3 Å². The number of aromatic amines is 1. The van der Waals surface area contributed by atoms with Gasteiger partial charge in [0, 0.05) is 18.7 Å². The third-order valence-electron chi connectivity index (χ3n) is 5.82. The standard InChI is InChI=1S/C23H21N5O4/c29-21(27-10-11-32-13-19(27)20-24-14-25-26-20)16-6-7-17-18(12-16)23(31)28(22(17)30)9-8-15-4-2-1-3-5-15/h1-7,12,14,19H,8-11,13H2,(H,24,25,26)/t19-/m1/s1. The number of imide groups is 1. The van der Waals surface area contributed by atoms with Crippen molar-refractivity contribution in [3.8, 4) is 0 Å². The Morgan fingerprint density at radius 3 is 2.69 bits per heavy atom. The molecule has 0 saturated carbocycles. The third kappa shape index (κ3) is 3.56. The number of carbonyl (C=O) groups excluding carboxylic acids is 3. The van der Waals surface area contributed by atoms with Crippen LogP contribution in [0.15, 0.2) is 54.9 Å². The minimum atomic E-state index is -0.397. The number of nitrogens with one attached hydrogen (secondary N) is 1. The van der Waals surface area contributed by atoms with Crippen LogP contribution in [-0.2, 0) is 11.2 Å². The lowest BCUT2D eigenvalue weighted by Crippen LogP contribution is -2.43. The first-order valence-electron chi connectivity index (χ1n) is 10.4. The van der Waals surface area contributed by atoms with Gasteiger partial charge in [0.05, 0.1) is 24.3 Å². The van der Waals surface area contributed by atoms with Gasteiger partial charge in [-0.3, -0.25) is 24.4 Å². The first-order chi connectivity index (χ1) is 15.6. The number of ether oxygens (including phenoxy) is 1. The van der Waals surface area contributed by atoms with Crippen LogP contribution in [0.5, 0.6) is 0 Å². The van der Waals surface area contributed by atoms with Gasteiger partial charge in [0.25, 0.3) is 17.7 Å². The molecule has 3 aromatic rings. The first kappa shape index (κ1) is 20.1. The largest absolute Gasteiger partial charge is 0.377 e. The van der Waals surface area contributed by atoms with Gasteiger partial charge in [0.15, 0.2) is 0 Å². The van der Waals surface area contributed by atoms with Gasteiger partial charge in [-0.05, 0) is 30.2 Å². The average Bonchev–Trinajstić information content (AvgIpc) is 3.45. The lowest BCUT2D eigenvalue weighted by atomic mass is 10.0. The molecule has 0 radical (unpaired) electrons. The van der Waals surface area contributed by atoms with E-state index < -0.39 is 6.04 Å². The van der Waals surface area contributed by atoms with Gasteiger partial charge in [-0.25, -0.2) is 4.98 Å². The molecule has 1 atom stereocenters. The molecule has 162 valence electrons. The van der Waals surface area contributed by atoms with Gasteiger partial charge in [-0.2, -0.15) is 5.10 Å². The maximum atomic E-state index is 13.3. The Balaban J connectivity index is 1.36. The highest BCUT2D eigenvalue weighted by Gasteiger charge is 2.37. The zero-order chi connectivity index (χ0) is 22.1. The van der Waals surface area contributed by atoms with E-state index in [1.807, 2.05) is 30.3 Å². The molecule has 2 aliphatic rings. The van der Waals surface area contributed by atoms with Gasteiger partial charge in [0.2, 0.25) is 0 Å². The van der Waals surface area contributed by atoms with Gasteiger partial charge < -0.3 is 9.64 Å². The molecule has 9 heteroatoms. The van der Waals surface area contributed by atoms with Crippen LogP contribution in [0.1, 0.15) is 48.5 Å². The molecule has 1 fully saturated rings. The number of benzene rings is 2. The number of hydrogen-bond acceptors (Lipinski definition) is 6. The SMILES string of the molecule is O=C1c2ccc(C(=O)N3CCOC[C@@H]3c3ncn[nH]3)cc2C(=O)N1CCc1ccccc1. The summed E-state index contributed by atoms with van der Waals surface area (Å²) in [6.07, 6.45) is 1.96. The van der Waals surface area contributed by atoms with E-state index in [9.17, 15) is 14.4 Å². The normalized spacial score (nSPS) is 18.2. The zero-order valence-corrected chi connectivity index (χ0v) is 17.2. The Morgan fingerprint density at radius 2 is 1.91 bits per heavy atom. The van der Waals surface area contributed by atoms with Crippen molar-refractivity contribution in [2.75, 3.05) is 26.3 Å². The molecule has 3 heterocycles. The van der Waals surface area contributed by atoms with Crippen LogP contribution >= 0.6 is 0 Å². The summed E-state index contributed by atoms with van der Waals surface area (Å²) in [5.74, 6) is -0.409. The summed E-state index contributed by atoms with van der Waals surface area (Å²) in [6, 6.07) is 14.0.